The van der Waals surface area contributed by atoms with E-state index in [1.54, 1.807) is 4.52 Å². The van der Waals surface area contributed by atoms with Gasteiger partial charge in [-0.05, 0) is 37.7 Å². The van der Waals surface area contributed by atoms with Gasteiger partial charge in [-0.3, -0.25) is 0 Å². The van der Waals surface area contributed by atoms with Crippen molar-refractivity contribution in [1.29, 1.82) is 0 Å². The summed E-state index contributed by atoms with van der Waals surface area (Å²) in [6.45, 7) is 4.87. The Labute approximate surface area is 151 Å². The summed E-state index contributed by atoms with van der Waals surface area (Å²) < 4.78 is 4.76. The number of hydrogen-bond donors (Lipinski definition) is 0. The molecule has 0 fully saturated rings. The Bertz CT molecular complexity index is 970. The number of aromatic nitrogens is 6. The lowest BCUT2D eigenvalue weighted by Crippen LogP contribution is -1.98. The third kappa shape index (κ3) is 2.81. The second-order valence-corrected chi connectivity index (χ2v) is 7.71. The highest BCUT2D eigenvalue weighted by Crippen LogP contribution is 2.32. The van der Waals surface area contributed by atoms with Gasteiger partial charge in [-0.1, -0.05) is 35.1 Å². The van der Waals surface area contributed by atoms with Crippen molar-refractivity contribution in [3.05, 3.63) is 41.3 Å². The van der Waals surface area contributed by atoms with E-state index in [4.69, 9.17) is 11.6 Å². The SMILES string of the molecule is CCn1c(C)nnc1Sc1nn2cc(-c3ccc(Cl)cc3)nc2s1. The van der Waals surface area contributed by atoms with Crippen molar-refractivity contribution in [2.24, 2.45) is 0 Å². The molecule has 122 valence electrons. The molecular weight excluding hydrogens is 364 g/mol. The van der Waals surface area contributed by atoms with Gasteiger partial charge in [-0.2, -0.15) is 0 Å². The standard InChI is InChI=1S/C15H13ClN6S2/c1-3-21-9(2)18-19-14(21)24-15-20-22-8-12(17-13(22)23-15)10-4-6-11(16)7-5-10/h4-8H,3H2,1-2H3. The van der Waals surface area contributed by atoms with Crippen LogP contribution in [0, 0.1) is 6.92 Å². The van der Waals surface area contributed by atoms with Crippen LogP contribution in [0.4, 0.5) is 0 Å². The van der Waals surface area contributed by atoms with Crippen LogP contribution in [-0.4, -0.2) is 29.4 Å². The normalized spacial score (nSPS) is 11.5. The molecule has 3 aromatic heterocycles. The highest BCUT2D eigenvalue weighted by Gasteiger charge is 2.14. The molecule has 9 heteroatoms. The number of aryl methyl sites for hydroxylation is 1. The second kappa shape index (κ2) is 6.19. The quantitative estimate of drug-likeness (QED) is 0.534. The van der Waals surface area contributed by atoms with Gasteiger partial charge < -0.3 is 4.57 Å². The minimum Gasteiger partial charge on any atom is -0.306 e. The van der Waals surface area contributed by atoms with Gasteiger partial charge in [0, 0.05) is 17.1 Å². The van der Waals surface area contributed by atoms with Crippen LogP contribution < -0.4 is 0 Å². The molecule has 3 heterocycles. The van der Waals surface area contributed by atoms with Crippen molar-refractivity contribution in [2.75, 3.05) is 0 Å². The largest absolute Gasteiger partial charge is 0.306 e. The lowest BCUT2D eigenvalue weighted by atomic mass is 10.2. The van der Waals surface area contributed by atoms with Gasteiger partial charge in [0.25, 0.3) is 0 Å². The zero-order valence-corrected chi connectivity index (χ0v) is 15.4. The Hall–Kier alpha value is -1.90. The highest BCUT2D eigenvalue weighted by atomic mass is 35.5. The van der Waals surface area contributed by atoms with E-state index in [1.807, 2.05) is 37.4 Å². The summed E-state index contributed by atoms with van der Waals surface area (Å²) in [6.07, 6.45) is 1.93. The van der Waals surface area contributed by atoms with Crippen molar-refractivity contribution < 1.29 is 0 Å². The third-order valence-corrected chi connectivity index (χ3v) is 5.77. The average Bonchev–Trinajstić information content (AvgIpc) is 3.21. The number of fused-ring (bicyclic) bond motifs is 1. The van der Waals surface area contributed by atoms with Crippen LogP contribution in [-0.2, 0) is 6.54 Å². The maximum Gasteiger partial charge on any atom is 0.213 e. The molecule has 0 saturated carbocycles. The predicted molar refractivity (Wildman–Crippen MR) is 95.9 cm³/mol. The molecule has 0 amide bonds. The van der Waals surface area contributed by atoms with Crippen LogP contribution >= 0.6 is 34.7 Å². The van der Waals surface area contributed by atoms with E-state index in [0.717, 1.165) is 38.1 Å². The fourth-order valence-corrected chi connectivity index (χ4v) is 4.46. The van der Waals surface area contributed by atoms with Gasteiger partial charge in [-0.15, -0.1) is 15.3 Å². The number of benzene rings is 1. The summed E-state index contributed by atoms with van der Waals surface area (Å²) in [4.78, 5) is 5.49. The molecular formula is C15H13ClN6S2. The summed E-state index contributed by atoms with van der Waals surface area (Å²) in [5.74, 6) is 0.909. The van der Waals surface area contributed by atoms with Gasteiger partial charge in [0.05, 0.1) is 11.9 Å². The molecule has 0 aliphatic carbocycles. The predicted octanol–water partition coefficient (Wildman–Crippen LogP) is 4.18. The highest BCUT2D eigenvalue weighted by molar-refractivity contribution is 8.01. The molecule has 0 atom stereocenters. The minimum atomic E-state index is 0.715. The monoisotopic (exact) mass is 376 g/mol. The summed E-state index contributed by atoms with van der Waals surface area (Å²) in [5, 5.41) is 14.5. The van der Waals surface area contributed by atoms with Gasteiger partial charge in [-0.25, -0.2) is 9.50 Å². The van der Waals surface area contributed by atoms with Crippen LogP contribution in [0.2, 0.25) is 5.02 Å². The second-order valence-electron chi connectivity index (χ2n) is 5.10. The molecule has 0 saturated heterocycles. The van der Waals surface area contributed by atoms with E-state index in [0.29, 0.717) is 5.02 Å². The molecule has 0 bridgehead atoms. The lowest BCUT2D eigenvalue weighted by molar-refractivity contribution is 0.661. The molecule has 0 radical (unpaired) electrons. The van der Waals surface area contributed by atoms with Crippen molar-refractivity contribution in [2.45, 2.75) is 29.9 Å². The molecule has 0 unspecified atom stereocenters. The van der Waals surface area contributed by atoms with E-state index >= 15 is 0 Å². The van der Waals surface area contributed by atoms with E-state index < -0.39 is 0 Å². The molecule has 24 heavy (non-hydrogen) atoms. The van der Waals surface area contributed by atoms with Crippen molar-refractivity contribution in [1.82, 2.24) is 29.4 Å². The van der Waals surface area contributed by atoms with Gasteiger partial charge in [0.2, 0.25) is 4.96 Å². The first kappa shape index (κ1) is 15.6. The fourth-order valence-electron chi connectivity index (χ4n) is 2.36. The first-order valence-electron chi connectivity index (χ1n) is 7.34. The maximum absolute atomic E-state index is 5.93. The van der Waals surface area contributed by atoms with Gasteiger partial charge in [0.1, 0.15) is 5.82 Å². The Kier molecular flexibility index (Phi) is 4.03. The number of rotatable bonds is 4. The topological polar surface area (TPSA) is 60.9 Å². The molecule has 0 N–H and O–H groups in total. The molecule has 0 aliphatic rings. The van der Waals surface area contributed by atoms with E-state index in [1.165, 1.54) is 23.1 Å². The van der Waals surface area contributed by atoms with Gasteiger partial charge in [0.15, 0.2) is 9.50 Å². The minimum absolute atomic E-state index is 0.715. The summed E-state index contributed by atoms with van der Waals surface area (Å²) in [5.41, 5.74) is 1.90. The maximum atomic E-state index is 5.93. The molecule has 4 aromatic rings. The fraction of sp³-hybridized carbons (Fsp3) is 0.200. The van der Waals surface area contributed by atoms with Crippen molar-refractivity contribution in [3.8, 4) is 11.3 Å². The number of hydrogen-bond acceptors (Lipinski definition) is 6. The van der Waals surface area contributed by atoms with Crippen LogP contribution in [0.1, 0.15) is 12.7 Å². The Morgan fingerprint density at radius 1 is 1.21 bits per heavy atom. The first-order chi connectivity index (χ1) is 11.6. The van der Waals surface area contributed by atoms with Crippen LogP contribution in [0.3, 0.4) is 0 Å². The Balaban J connectivity index is 1.63. The zero-order valence-electron chi connectivity index (χ0n) is 13.0. The molecule has 4 rings (SSSR count). The summed E-state index contributed by atoms with van der Waals surface area (Å²) >= 11 is 8.98. The number of imidazole rings is 1. The van der Waals surface area contributed by atoms with E-state index in [9.17, 15) is 0 Å². The van der Waals surface area contributed by atoms with E-state index in [2.05, 4.69) is 31.8 Å². The molecule has 0 spiro atoms. The summed E-state index contributed by atoms with van der Waals surface area (Å²) in [6, 6.07) is 7.63. The van der Waals surface area contributed by atoms with Crippen LogP contribution in [0.15, 0.2) is 40.0 Å². The lowest BCUT2D eigenvalue weighted by Gasteiger charge is -2.01. The number of halogens is 1. The Morgan fingerprint density at radius 3 is 2.71 bits per heavy atom. The number of nitrogens with zero attached hydrogens (tertiary/aromatic N) is 6. The van der Waals surface area contributed by atoms with Crippen molar-refractivity contribution in [3.63, 3.8) is 0 Å². The third-order valence-electron chi connectivity index (χ3n) is 3.56. The van der Waals surface area contributed by atoms with Gasteiger partial charge >= 0.3 is 0 Å². The van der Waals surface area contributed by atoms with Crippen molar-refractivity contribution >= 4 is 39.7 Å². The molecule has 1 aromatic carbocycles. The van der Waals surface area contributed by atoms with E-state index in [-0.39, 0.29) is 0 Å². The van der Waals surface area contributed by atoms with Crippen LogP contribution in [0.25, 0.3) is 16.2 Å². The summed E-state index contributed by atoms with van der Waals surface area (Å²) in [7, 11) is 0. The zero-order chi connectivity index (χ0) is 16.7. The average molecular weight is 377 g/mol. The smallest absolute Gasteiger partial charge is 0.213 e. The molecule has 6 nitrogen and oxygen atoms in total. The molecule has 0 aliphatic heterocycles. The van der Waals surface area contributed by atoms with Crippen LogP contribution in [0.5, 0.6) is 0 Å². The Morgan fingerprint density at radius 2 is 2.00 bits per heavy atom. The first-order valence-corrected chi connectivity index (χ1v) is 9.35.